The predicted octanol–water partition coefficient (Wildman–Crippen LogP) is 2.19. The minimum Gasteiger partial charge on any atom is -0.390 e. The Morgan fingerprint density at radius 3 is 2.84 bits per heavy atom. The van der Waals surface area contributed by atoms with E-state index in [0.29, 0.717) is 17.1 Å². The minimum atomic E-state index is -0.670. The summed E-state index contributed by atoms with van der Waals surface area (Å²) >= 11 is 0. The van der Waals surface area contributed by atoms with Gasteiger partial charge < -0.3 is 25.0 Å². The van der Waals surface area contributed by atoms with Crippen LogP contribution in [0.1, 0.15) is 40.4 Å². The maximum atomic E-state index is 12.9. The summed E-state index contributed by atoms with van der Waals surface area (Å²) in [6.07, 6.45) is 3.81. The summed E-state index contributed by atoms with van der Waals surface area (Å²) in [7, 11) is 0. The Bertz CT molecular complexity index is 1070. The van der Waals surface area contributed by atoms with E-state index in [1.54, 1.807) is 6.07 Å². The fourth-order valence-corrected chi connectivity index (χ4v) is 4.68. The van der Waals surface area contributed by atoms with E-state index in [2.05, 4.69) is 32.3 Å². The van der Waals surface area contributed by atoms with Gasteiger partial charge in [0.1, 0.15) is 5.52 Å². The number of rotatable bonds is 5. The van der Waals surface area contributed by atoms with Crippen molar-refractivity contribution in [2.24, 2.45) is 0 Å². The van der Waals surface area contributed by atoms with Crippen LogP contribution in [0.15, 0.2) is 48.8 Å². The quantitative estimate of drug-likeness (QED) is 0.589. The minimum absolute atomic E-state index is 0.0845. The molecule has 5 rings (SSSR count). The van der Waals surface area contributed by atoms with Gasteiger partial charge in [-0.05, 0) is 42.5 Å². The molecule has 0 saturated carbocycles. The normalized spacial score (nSPS) is 20.4. The number of ether oxygens (including phenoxy) is 1. The number of carbonyl (C=O) groups excluding carboxylic acids is 1. The Morgan fingerprint density at radius 1 is 1.19 bits per heavy atom. The zero-order chi connectivity index (χ0) is 21.2. The van der Waals surface area contributed by atoms with E-state index in [1.807, 2.05) is 30.6 Å². The van der Waals surface area contributed by atoms with Crippen molar-refractivity contribution < 1.29 is 14.6 Å². The van der Waals surface area contributed by atoms with E-state index in [9.17, 15) is 9.90 Å². The lowest BCUT2D eigenvalue weighted by Gasteiger charge is -2.30. The van der Waals surface area contributed by atoms with E-state index in [4.69, 9.17) is 4.74 Å². The molecule has 3 aromatic rings. The molecule has 31 heavy (non-hydrogen) atoms. The average molecular weight is 421 g/mol. The maximum absolute atomic E-state index is 12.9. The molecule has 0 bridgehead atoms. The summed E-state index contributed by atoms with van der Waals surface area (Å²) in [5.74, 6) is -0.210. The van der Waals surface area contributed by atoms with E-state index < -0.39 is 6.10 Å². The third kappa shape index (κ3) is 4.08. The Kier molecular flexibility index (Phi) is 5.72. The molecule has 2 unspecified atom stereocenters. The molecule has 2 aromatic carbocycles. The standard InChI is InChI=1S/C24H28N4O3/c29-22(20-12-16-4-1-2-5-17(16)13-25-20)14-26-24(30)19-6-3-7-21-23(19)27-15-28(21)18-8-10-31-11-9-18/h1-7,15,18,20,22,25,29H,8-14H2,(H,26,30). The van der Waals surface area contributed by atoms with Crippen molar-refractivity contribution in [3.05, 3.63) is 65.5 Å². The van der Waals surface area contributed by atoms with Gasteiger partial charge in [-0.25, -0.2) is 4.98 Å². The number of carbonyl (C=O) groups is 1. The van der Waals surface area contributed by atoms with Crippen molar-refractivity contribution in [3.63, 3.8) is 0 Å². The first-order chi connectivity index (χ1) is 15.2. The fourth-order valence-electron chi connectivity index (χ4n) is 4.68. The molecule has 0 aliphatic carbocycles. The van der Waals surface area contributed by atoms with Crippen LogP contribution in [0.2, 0.25) is 0 Å². The molecule has 1 aromatic heterocycles. The molecule has 162 valence electrons. The number of aliphatic hydroxyl groups is 1. The lowest BCUT2D eigenvalue weighted by Crippen LogP contribution is -2.49. The van der Waals surface area contributed by atoms with Gasteiger partial charge in [0.05, 0.1) is 23.5 Å². The second kappa shape index (κ2) is 8.78. The average Bonchev–Trinajstić information content (AvgIpc) is 3.27. The smallest absolute Gasteiger partial charge is 0.253 e. The number of aliphatic hydroxyl groups excluding tert-OH is 1. The van der Waals surface area contributed by atoms with Gasteiger partial charge in [0.15, 0.2) is 0 Å². The third-order valence-electron chi connectivity index (χ3n) is 6.48. The molecule has 2 aliphatic heterocycles. The Balaban J connectivity index is 1.26. The summed E-state index contributed by atoms with van der Waals surface area (Å²) < 4.78 is 7.63. The lowest BCUT2D eigenvalue weighted by molar-refractivity contribution is 0.0706. The van der Waals surface area contributed by atoms with Crippen LogP contribution >= 0.6 is 0 Å². The molecule has 1 fully saturated rings. The van der Waals surface area contributed by atoms with Gasteiger partial charge in [-0.1, -0.05) is 30.3 Å². The second-order valence-corrected chi connectivity index (χ2v) is 8.41. The topological polar surface area (TPSA) is 88.4 Å². The first kappa shape index (κ1) is 20.2. The number of benzene rings is 2. The van der Waals surface area contributed by atoms with Gasteiger partial charge in [0.25, 0.3) is 5.91 Å². The highest BCUT2D eigenvalue weighted by atomic mass is 16.5. The third-order valence-corrected chi connectivity index (χ3v) is 6.48. The maximum Gasteiger partial charge on any atom is 0.253 e. The van der Waals surface area contributed by atoms with Crippen LogP contribution < -0.4 is 10.6 Å². The number of fused-ring (bicyclic) bond motifs is 2. The van der Waals surface area contributed by atoms with Crippen molar-refractivity contribution >= 4 is 16.9 Å². The van der Waals surface area contributed by atoms with Crippen LogP contribution in [0.3, 0.4) is 0 Å². The van der Waals surface area contributed by atoms with Crippen molar-refractivity contribution in [1.29, 1.82) is 0 Å². The number of hydrogen-bond acceptors (Lipinski definition) is 5. The van der Waals surface area contributed by atoms with Gasteiger partial charge in [0.2, 0.25) is 0 Å². The summed E-state index contributed by atoms with van der Waals surface area (Å²) in [5, 5.41) is 17.0. The first-order valence-electron chi connectivity index (χ1n) is 11.0. The Hall–Kier alpha value is -2.74. The number of aromatic nitrogens is 2. The van der Waals surface area contributed by atoms with Crippen molar-refractivity contribution in [2.75, 3.05) is 19.8 Å². The number of nitrogens with zero attached hydrogens (tertiary/aromatic N) is 2. The van der Waals surface area contributed by atoms with E-state index in [0.717, 1.165) is 44.5 Å². The van der Waals surface area contributed by atoms with Crippen molar-refractivity contribution in [3.8, 4) is 0 Å². The van der Waals surface area contributed by atoms with Crippen LogP contribution in [0.25, 0.3) is 11.0 Å². The number of imidazole rings is 1. The monoisotopic (exact) mass is 420 g/mol. The van der Waals surface area contributed by atoms with Gasteiger partial charge in [-0.15, -0.1) is 0 Å². The zero-order valence-corrected chi connectivity index (χ0v) is 17.5. The summed E-state index contributed by atoms with van der Waals surface area (Å²) in [6.45, 7) is 2.43. The van der Waals surface area contributed by atoms with Gasteiger partial charge >= 0.3 is 0 Å². The highest BCUT2D eigenvalue weighted by Gasteiger charge is 2.25. The molecule has 3 heterocycles. The highest BCUT2D eigenvalue weighted by molar-refractivity contribution is 6.04. The molecule has 2 atom stereocenters. The second-order valence-electron chi connectivity index (χ2n) is 8.41. The zero-order valence-electron chi connectivity index (χ0n) is 17.5. The lowest BCUT2D eigenvalue weighted by atomic mass is 9.93. The molecule has 2 aliphatic rings. The molecular weight excluding hydrogens is 392 g/mol. The largest absolute Gasteiger partial charge is 0.390 e. The first-order valence-corrected chi connectivity index (χ1v) is 11.0. The molecule has 0 spiro atoms. The molecule has 1 amide bonds. The van der Waals surface area contributed by atoms with Crippen LogP contribution in [0, 0.1) is 0 Å². The summed E-state index contributed by atoms with van der Waals surface area (Å²) in [5.41, 5.74) is 4.72. The predicted molar refractivity (Wildman–Crippen MR) is 118 cm³/mol. The van der Waals surface area contributed by atoms with Crippen LogP contribution in [-0.2, 0) is 17.7 Å². The number of para-hydroxylation sites is 1. The summed E-state index contributed by atoms with van der Waals surface area (Å²) in [4.78, 5) is 17.5. The van der Waals surface area contributed by atoms with Gasteiger partial charge in [-0.2, -0.15) is 0 Å². The highest BCUT2D eigenvalue weighted by Crippen LogP contribution is 2.27. The molecular formula is C24H28N4O3. The molecule has 1 saturated heterocycles. The molecule has 3 N–H and O–H groups in total. The van der Waals surface area contributed by atoms with E-state index >= 15 is 0 Å². The van der Waals surface area contributed by atoms with Crippen molar-refractivity contribution in [1.82, 2.24) is 20.2 Å². The van der Waals surface area contributed by atoms with Gasteiger partial charge in [0, 0.05) is 38.4 Å². The Labute approximate surface area is 181 Å². The van der Waals surface area contributed by atoms with Crippen molar-refractivity contribution in [2.45, 2.75) is 44.0 Å². The van der Waals surface area contributed by atoms with Crippen LogP contribution in [0.4, 0.5) is 0 Å². The van der Waals surface area contributed by atoms with E-state index in [1.165, 1.54) is 11.1 Å². The number of amides is 1. The molecule has 0 radical (unpaired) electrons. The number of nitrogens with one attached hydrogen (secondary N) is 2. The fraction of sp³-hybridized carbons (Fsp3) is 0.417. The SMILES string of the molecule is O=C(NCC(O)C1Cc2ccccc2CN1)c1cccc2c1ncn2C1CCOCC1. The summed E-state index contributed by atoms with van der Waals surface area (Å²) in [6, 6.07) is 14.2. The van der Waals surface area contributed by atoms with Crippen LogP contribution in [0.5, 0.6) is 0 Å². The Morgan fingerprint density at radius 2 is 2.00 bits per heavy atom. The number of hydrogen-bond donors (Lipinski definition) is 3. The van der Waals surface area contributed by atoms with Crippen LogP contribution in [-0.4, -0.2) is 52.5 Å². The molecule has 7 nitrogen and oxygen atoms in total. The van der Waals surface area contributed by atoms with Gasteiger partial charge in [-0.3, -0.25) is 4.79 Å². The molecule has 7 heteroatoms. The van der Waals surface area contributed by atoms with E-state index in [-0.39, 0.29) is 18.5 Å².